The van der Waals surface area contributed by atoms with Crippen LogP contribution in [0.2, 0.25) is 0 Å². The number of benzene rings is 1. The predicted molar refractivity (Wildman–Crippen MR) is 64.4 cm³/mol. The van der Waals surface area contributed by atoms with Crippen LogP contribution in [-0.4, -0.2) is 23.0 Å². The summed E-state index contributed by atoms with van der Waals surface area (Å²) in [6.45, 7) is 1.71. The Balaban J connectivity index is 2.54. The maximum atomic E-state index is 11.6. The van der Waals surface area contributed by atoms with Gasteiger partial charge in [-0.2, -0.15) is 0 Å². The minimum absolute atomic E-state index is 0.157. The number of amides is 1. The van der Waals surface area contributed by atoms with Crippen molar-refractivity contribution < 1.29 is 14.7 Å². The lowest BCUT2D eigenvalue weighted by Crippen LogP contribution is -2.40. The van der Waals surface area contributed by atoms with Crippen molar-refractivity contribution in [1.29, 1.82) is 0 Å². The van der Waals surface area contributed by atoms with Crippen LogP contribution in [0.5, 0.6) is 0 Å². The van der Waals surface area contributed by atoms with Crippen molar-refractivity contribution >= 4 is 17.6 Å². The maximum absolute atomic E-state index is 11.6. The van der Waals surface area contributed by atoms with Gasteiger partial charge in [0.25, 0.3) is 0 Å². The third-order valence-electron chi connectivity index (χ3n) is 2.39. The van der Waals surface area contributed by atoms with Gasteiger partial charge < -0.3 is 16.2 Å². The van der Waals surface area contributed by atoms with Crippen LogP contribution < -0.4 is 11.1 Å². The van der Waals surface area contributed by atoms with Crippen molar-refractivity contribution in [3.63, 3.8) is 0 Å². The Bertz CT molecular complexity index is 401. The molecule has 17 heavy (non-hydrogen) atoms. The van der Waals surface area contributed by atoms with Crippen molar-refractivity contribution in [3.8, 4) is 0 Å². The number of hydrogen-bond donors (Lipinski definition) is 3. The molecule has 92 valence electrons. The molecule has 1 amide bonds. The lowest BCUT2D eigenvalue weighted by atomic mass is 10.1. The van der Waals surface area contributed by atoms with Crippen molar-refractivity contribution in [3.05, 3.63) is 29.8 Å². The van der Waals surface area contributed by atoms with Gasteiger partial charge in [0.1, 0.15) is 6.04 Å². The van der Waals surface area contributed by atoms with E-state index in [2.05, 4.69) is 5.32 Å². The Morgan fingerprint density at radius 2 is 1.94 bits per heavy atom. The second-order valence-electron chi connectivity index (χ2n) is 3.78. The molecule has 1 atom stereocenters. The fraction of sp³-hybridized carbons (Fsp3) is 0.333. The molecule has 5 heteroatoms. The molecule has 1 aromatic carbocycles. The van der Waals surface area contributed by atoms with E-state index in [0.717, 1.165) is 5.56 Å². The van der Waals surface area contributed by atoms with E-state index in [9.17, 15) is 9.59 Å². The molecule has 0 aromatic heterocycles. The van der Waals surface area contributed by atoms with Crippen LogP contribution in [0.15, 0.2) is 24.3 Å². The summed E-state index contributed by atoms with van der Waals surface area (Å²) in [6.07, 6.45) is 0.521. The van der Waals surface area contributed by atoms with E-state index in [1.54, 1.807) is 31.2 Å². The highest BCUT2D eigenvalue weighted by Crippen LogP contribution is 2.06. The van der Waals surface area contributed by atoms with Gasteiger partial charge in [0, 0.05) is 5.69 Å². The molecule has 0 aliphatic rings. The lowest BCUT2D eigenvalue weighted by Gasteiger charge is -2.12. The number of nitrogens with two attached hydrogens (primary N) is 1. The molecule has 1 rings (SSSR count). The SMILES string of the molecule is CC[C@H](NC(=O)Cc1ccc(N)cc1)C(=O)O. The van der Waals surface area contributed by atoms with Crippen LogP contribution in [0, 0.1) is 0 Å². The van der Waals surface area contributed by atoms with Crippen molar-refractivity contribution in [2.24, 2.45) is 0 Å². The molecule has 0 heterocycles. The molecule has 5 nitrogen and oxygen atoms in total. The van der Waals surface area contributed by atoms with Crippen molar-refractivity contribution in [2.45, 2.75) is 25.8 Å². The molecule has 0 aliphatic heterocycles. The summed E-state index contributed by atoms with van der Waals surface area (Å²) in [5.74, 6) is -1.32. The lowest BCUT2D eigenvalue weighted by molar-refractivity contribution is -0.141. The molecule has 0 unspecified atom stereocenters. The van der Waals surface area contributed by atoms with E-state index in [1.165, 1.54) is 0 Å². The Morgan fingerprint density at radius 1 is 1.35 bits per heavy atom. The average molecular weight is 236 g/mol. The van der Waals surface area contributed by atoms with E-state index in [-0.39, 0.29) is 12.3 Å². The zero-order valence-corrected chi connectivity index (χ0v) is 9.64. The molecule has 0 radical (unpaired) electrons. The highest BCUT2D eigenvalue weighted by atomic mass is 16.4. The van der Waals surface area contributed by atoms with Gasteiger partial charge >= 0.3 is 5.97 Å². The summed E-state index contributed by atoms with van der Waals surface area (Å²) < 4.78 is 0. The molecule has 0 saturated carbocycles. The number of carboxylic acid groups (broad SMARTS) is 1. The van der Waals surface area contributed by atoms with Gasteiger partial charge in [0.05, 0.1) is 6.42 Å². The van der Waals surface area contributed by atoms with Gasteiger partial charge in [-0.05, 0) is 24.1 Å². The van der Waals surface area contributed by atoms with E-state index in [0.29, 0.717) is 12.1 Å². The third-order valence-corrected chi connectivity index (χ3v) is 2.39. The van der Waals surface area contributed by atoms with E-state index in [4.69, 9.17) is 10.8 Å². The standard InChI is InChI=1S/C12H16N2O3/c1-2-10(12(16)17)14-11(15)7-8-3-5-9(13)6-4-8/h3-6,10H,2,7,13H2,1H3,(H,14,15)(H,16,17)/t10-/m0/s1. The minimum Gasteiger partial charge on any atom is -0.480 e. The average Bonchev–Trinajstić information content (AvgIpc) is 2.28. The van der Waals surface area contributed by atoms with Crippen molar-refractivity contribution in [2.75, 3.05) is 5.73 Å². The summed E-state index contributed by atoms with van der Waals surface area (Å²) >= 11 is 0. The van der Waals surface area contributed by atoms with Gasteiger partial charge in [0.15, 0.2) is 0 Å². The first kappa shape index (κ1) is 13.0. The smallest absolute Gasteiger partial charge is 0.326 e. The highest BCUT2D eigenvalue weighted by Gasteiger charge is 2.17. The van der Waals surface area contributed by atoms with Crippen LogP contribution in [0.25, 0.3) is 0 Å². The summed E-state index contributed by atoms with van der Waals surface area (Å²) in [6, 6.07) is 6.08. The Labute approximate surface area is 99.6 Å². The number of nitrogens with one attached hydrogen (secondary N) is 1. The van der Waals surface area contributed by atoms with Gasteiger partial charge in [-0.15, -0.1) is 0 Å². The van der Waals surface area contributed by atoms with Gasteiger partial charge in [-0.25, -0.2) is 4.79 Å². The first-order valence-electron chi connectivity index (χ1n) is 5.39. The summed E-state index contributed by atoms with van der Waals surface area (Å²) in [5.41, 5.74) is 6.95. The summed E-state index contributed by atoms with van der Waals surface area (Å²) in [4.78, 5) is 22.3. The highest BCUT2D eigenvalue weighted by molar-refractivity contribution is 5.84. The molecule has 0 aliphatic carbocycles. The maximum Gasteiger partial charge on any atom is 0.326 e. The molecule has 1 aromatic rings. The molecule has 0 saturated heterocycles. The minimum atomic E-state index is -1.02. The molecular weight excluding hydrogens is 220 g/mol. The second-order valence-corrected chi connectivity index (χ2v) is 3.78. The Hall–Kier alpha value is -2.04. The van der Waals surface area contributed by atoms with E-state index < -0.39 is 12.0 Å². The van der Waals surface area contributed by atoms with Crippen LogP contribution in [0.1, 0.15) is 18.9 Å². The van der Waals surface area contributed by atoms with Gasteiger partial charge in [-0.3, -0.25) is 4.79 Å². The topological polar surface area (TPSA) is 92.4 Å². The number of carboxylic acids is 1. The number of carbonyl (C=O) groups is 2. The summed E-state index contributed by atoms with van der Waals surface area (Å²) in [5, 5.41) is 11.3. The van der Waals surface area contributed by atoms with Crippen molar-refractivity contribution in [1.82, 2.24) is 5.32 Å². The number of hydrogen-bond acceptors (Lipinski definition) is 3. The summed E-state index contributed by atoms with van der Waals surface area (Å²) in [7, 11) is 0. The monoisotopic (exact) mass is 236 g/mol. The number of carbonyl (C=O) groups excluding carboxylic acids is 1. The zero-order chi connectivity index (χ0) is 12.8. The number of anilines is 1. The van der Waals surface area contributed by atoms with Gasteiger partial charge in [0.2, 0.25) is 5.91 Å². The molecular formula is C12H16N2O3. The fourth-order valence-electron chi connectivity index (χ4n) is 1.40. The second kappa shape index (κ2) is 5.89. The van der Waals surface area contributed by atoms with Crippen LogP contribution in [-0.2, 0) is 16.0 Å². The van der Waals surface area contributed by atoms with E-state index in [1.807, 2.05) is 0 Å². The van der Waals surface area contributed by atoms with Crippen LogP contribution in [0.3, 0.4) is 0 Å². The largest absolute Gasteiger partial charge is 0.480 e. The number of rotatable bonds is 5. The number of nitrogen functional groups attached to an aromatic ring is 1. The quantitative estimate of drug-likeness (QED) is 0.659. The Kier molecular flexibility index (Phi) is 4.51. The molecule has 0 bridgehead atoms. The Morgan fingerprint density at radius 3 is 2.41 bits per heavy atom. The van der Waals surface area contributed by atoms with Gasteiger partial charge in [-0.1, -0.05) is 19.1 Å². The first-order valence-corrected chi connectivity index (χ1v) is 5.39. The molecule has 0 fully saturated rings. The van der Waals surface area contributed by atoms with Crippen LogP contribution in [0.4, 0.5) is 5.69 Å². The number of aliphatic carboxylic acids is 1. The predicted octanol–water partition coefficient (Wildman–Crippen LogP) is 0.791. The fourth-order valence-corrected chi connectivity index (χ4v) is 1.40. The first-order chi connectivity index (χ1) is 8.02. The van der Waals surface area contributed by atoms with E-state index >= 15 is 0 Å². The zero-order valence-electron chi connectivity index (χ0n) is 9.64. The molecule has 0 spiro atoms. The third kappa shape index (κ3) is 4.14. The molecule has 4 N–H and O–H groups in total. The normalized spacial score (nSPS) is 11.8. The van der Waals surface area contributed by atoms with Crippen LogP contribution >= 0.6 is 0 Å².